The molecule has 35 heavy (non-hydrogen) atoms. The molecule has 10 heteroatoms. The van der Waals surface area contributed by atoms with Crippen LogP contribution in [0.5, 0.6) is 0 Å². The van der Waals surface area contributed by atoms with Crippen LogP contribution in [0.1, 0.15) is 26.3 Å². The number of nitrogens with zero attached hydrogens (tertiary/aromatic N) is 6. The van der Waals surface area contributed by atoms with Gasteiger partial charge in [-0.3, -0.25) is 18.9 Å². The number of rotatable bonds is 5. The zero-order valence-corrected chi connectivity index (χ0v) is 20.5. The van der Waals surface area contributed by atoms with Gasteiger partial charge in [-0.25, -0.2) is 4.39 Å². The average molecular weight is 491 g/mol. The topological polar surface area (TPSA) is 87.2 Å². The third-order valence-corrected chi connectivity index (χ3v) is 6.10. The highest BCUT2D eigenvalue weighted by molar-refractivity contribution is 7.99. The Morgan fingerprint density at radius 3 is 2.66 bits per heavy atom. The standard InChI is InChI=1S/C25H23FN6O2S/c1-25(2,3)34-22(33)8-15-7-16-9-19(5-6-21(16)27-11-15)35-24-30-29-23-20(26)10-17(14-32(23)24)18-12-28-31(4)13-18/h5-7,9-14H,8H2,1-4H3. The maximum Gasteiger partial charge on any atom is 0.310 e. The highest BCUT2D eigenvalue weighted by Crippen LogP contribution is 2.31. The molecule has 0 saturated heterocycles. The van der Waals surface area contributed by atoms with Crippen molar-refractivity contribution in [2.45, 2.75) is 42.8 Å². The molecule has 0 radical (unpaired) electrons. The molecule has 0 aliphatic heterocycles. The Labute approximate surface area is 205 Å². The summed E-state index contributed by atoms with van der Waals surface area (Å²) in [4.78, 5) is 17.6. The third-order valence-electron chi connectivity index (χ3n) is 5.15. The predicted molar refractivity (Wildman–Crippen MR) is 131 cm³/mol. The molecule has 1 aromatic carbocycles. The summed E-state index contributed by atoms with van der Waals surface area (Å²) >= 11 is 1.37. The number of aromatic nitrogens is 6. The molecule has 5 aromatic rings. The lowest BCUT2D eigenvalue weighted by Crippen LogP contribution is -2.24. The van der Waals surface area contributed by atoms with Gasteiger partial charge in [0.05, 0.1) is 18.1 Å². The minimum Gasteiger partial charge on any atom is -0.460 e. The normalized spacial score (nSPS) is 11.9. The Balaban J connectivity index is 1.44. The summed E-state index contributed by atoms with van der Waals surface area (Å²) in [5.74, 6) is -0.759. The van der Waals surface area contributed by atoms with Crippen LogP contribution in [0.4, 0.5) is 4.39 Å². The van der Waals surface area contributed by atoms with Crippen molar-refractivity contribution in [3.8, 4) is 11.1 Å². The first-order valence-corrected chi connectivity index (χ1v) is 11.8. The molecule has 0 aliphatic carbocycles. The molecule has 0 aliphatic rings. The smallest absolute Gasteiger partial charge is 0.310 e. The van der Waals surface area contributed by atoms with E-state index in [-0.39, 0.29) is 18.0 Å². The summed E-state index contributed by atoms with van der Waals surface area (Å²) in [6.45, 7) is 5.52. The van der Waals surface area contributed by atoms with Gasteiger partial charge >= 0.3 is 5.97 Å². The van der Waals surface area contributed by atoms with E-state index in [1.807, 2.05) is 58.3 Å². The van der Waals surface area contributed by atoms with Gasteiger partial charge in [-0.2, -0.15) is 5.10 Å². The number of aryl methyl sites for hydroxylation is 1. The van der Waals surface area contributed by atoms with Gasteiger partial charge in [-0.05, 0) is 68.4 Å². The first-order chi connectivity index (χ1) is 16.6. The number of pyridine rings is 2. The first-order valence-electron chi connectivity index (χ1n) is 11.0. The van der Waals surface area contributed by atoms with E-state index in [4.69, 9.17) is 4.74 Å². The largest absolute Gasteiger partial charge is 0.460 e. The highest BCUT2D eigenvalue weighted by atomic mass is 32.2. The Morgan fingerprint density at radius 1 is 1.09 bits per heavy atom. The van der Waals surface area contributed by atoms with Crippen molar-refractivity contribution in [1.82, 2.24) is 29.4 Å². The zero-order valence-electron chi connectivity index (χ0n) is 19.7. The van der Waals surface area contributed by atoms with E-state index in [1.165, 1.54) is 17.8 Å². The van der Waals surface area contributed by atoms with Gasteiger partial charge in [0.1, 0.15) is 5.60 Å². The molecule has 4 aromatic heterocycles. The maximum atomic E-state index is 14.7. The summed E-state index contributed by atoms with van der Waals surface area (Å²) in [5, 5.41) is 13.8. The van der Waals surface area contributed by atoms with Crippen LogP contribution in [0.2, 0.25) is 0 Å². The van der Waals surface area contributed by atoms with Crippen LogP contribution in [0.25, 0.3) is 27.7 Å². The first kappa shape index (κ1) is 23.0. The average Bonchev–Trinajstić information content (AvgIpc) is 3.39. The van der Waals surface area contributed by atoms with E-state index < -0.39 is 11.4 Å². The fraction of sp³-hybridized carbons (Fsp3) is 0.240. The molecular weight excluding hydrogens is 467 g/mol. The number of hydrogen-bond donors (Lipinski definition) is 0. The lowest BCUT2D eigenvalue weighted by atomic mass is 10.1. The van der Waals surface area contributed by atoms with Crippen LogP contribution in [-0.4, -0.2) is 40.9 Å². The second kappa shape index (κ2) is 8.77. The lowest BCUT2D eigenvalue weighted by molar-refractivity contribution is -0.153. The van der Waals surface area contributed by atoms with Gasteiger partial charge in [0, 0.05) is 47.0 Å². The van der Waals surface area contributed by atoms with Crippen LogP contribution in [0.15, 0.2) is 65.2 Å². The predicted octanol–water partition coefficient (Wildman–Crippen LogP) is 4.85. The summed E-state index contributed by atoms with van der Waals surface area (Å²) < 4.78 is 23.5. The minimum absolute atomic E-state index is 0.142. The molecule has 0 N–H and O–H groups in total. The van der Waals surface area contributed by atoms with Gasteiger partial charge in [-0.15, -0.1) is 10.2 Å². The van der Waals surface area contributed by atoms with E-state index in [0.717, 1.165) is 26.9 Å². The fourth-order valence-corrected chi connectivity index (χ4v) is 4.55. The third kappa shape index (κ3) is 5.02. The van der Waals surface area contributed by atoms with E-state index in [2.05, 4.69) is 20.3 Å². The summed E-state index contributed by atoms with van der Waals surface area (Å²) in [5.41, 5.74) is 2.67. The summed E-state index contributed by atoms with van der Waals surface area (Å²) in [6, 6.07) is 9.16. The van der Waals surface area contributed by atoms with Crippen molar-refractivity contribution < 1.29 is 13.9 Å². The van der Waals surface area contributed by atoms with Crippen molar-refractivity contribution in [3.63, 3.8) is 0 Å². The van der Waals surface area contributed by atoms with Gasteiger partial charge in [0.15, 0.2) is 11.5 Å². The second-order valence-corrected chi connectivity index (χ2v) is 10.3. The molecule has 0 atom stereocenters. The van der Waals surface area contributed by atoms with Crippen molar-refractivity contribution in [3.05, 3.63) is 66.5 Å². The number of carbonyl (C=O) groups excluding carboxylic acids is 1. The quantitative estimate of drug-likeness (QED) is 0.325. The van der Waals surface area contributed by atoms with Crippen LogP contribution in [0, 0.1) is 5.82 Å². The number of esters is 1. The lowest BCUT2D eigenvalue weighted by Gasteiger charge is -2.19. The fourth-order valence-electron chi connectivity index (χ4n) is 3.70. The van der Waals surface area contributed by atoms with Crippen molar-refractivity contribution in [2.24, 2.45) is 7.05 Å². The molecule has 0 spiro atoms. The molecule has 0 unspecified atom stereocenters. The molecule has 0 amide bonds. The maximum absolute atomic E-state index is 14.7. The molecule has 4 heterocycles. The monoisotopic (exact) mass is 490 g/mol. The van der Waals surface area contributed by atoms with Crippen LogP contribution >= 0.6 is 11.8 Å². The molecule has 0 saturated carbocycles. The molecule has 0 bridgehead atoms. The molecule has 8 nitrogen and oxygen atoms in total. The molecule has 0 fully saturated rings. The van der Waals surface area contributed by atoms with Gasteiger partial charge < -0.3 is 4.74 Å². The number of benzene rings is 1. The van der Waals surface area contributed by atoms with Crippen LogP contribution in [-0.2, 0) is 23.0 Å². The summed E-state index contributed by atoms with van der Waals surface area (Å²) in [7, 11) is 1.81. The van der Waals surface area contributed by atoms with E-state index in [9.17, 15) is 9.18 Å². The van der Waals surface area contributed by atoms with Crippen molar-refractivity contribution >= 4 is 34.3 Å². The van der Waals surface area contributed by atoms with Crippen LogP contribution in [0.3, 0.4) is 0 Å². The Morgan fingerprint density at radius 2 is 1.91 bits per heavy atom. The highest BCUT2D eigenvalue weighted by Gasteiger charge is 2.17. The van der Waals surface area contributed by atoms with Gasteiger partial charge in [-0.1, -0.05) is 0 Å². The molecular formula is C25H23FN6O2S. The number of hydrogen-bond acceptors (Lipinski definition) is 7. The Kier molecular flexibility index (Phi) is 5.76. The van der Waals surface area contributed by atoms with Gasteiger partial charge in [0.2, 0.25) is 5.16 Å². The molecule has 178 valence electrons. The number of fused-ring (bicyclic) bond motifs is 2. The second-order valence-electron chi connectivity index (χ2n) is 9.22. The number of halogens is 1. The SMILES string of the molecule is Cn1cc(-c2cc(F)c3nnc(Sc4ccc5ncc(CC(=O)OC(C)(C)C)cc5c4)n3c2)cn1. The zero-order chi connectivity index (χ0) is 24.7. The Hall–Kier alpha value is -3.79. The van der Waals surface area contributed by atoms with Gasteiger partial charge in [0.25, 0.3) is 0 Å². The summed E-state index contributed by atoms with van der Waals surface area (Å²) in [6.07, 6.45) is 7.14. The number of ether oxygens (including phenoxy) is 1. The van der Waals surface area contributed by atoms with E-state index in [0.29, 0.717) is 10.7 Å². The van der Waals surface area contributed by atoms with Crippen molar-refractivity contribution in [1.29, 1.82) is 0 Å². The van der Waals surface area contributed by atoms with E-state index in [1.54, 1.807) is 27.7 Å². The number of carbonyl (C=O) groups is 1. The van der Waals surface area contributed by atoms with Crippen LogP contribution < -0.4 is 0 Å². The molecule has 5 rings (SSSR count). The minimum atomic E-state index is -0.539. The van der Waals surface area contributed by atoms with E-state index >= 15 is 0 Å². The Bertz CT molecular complexity index is 1570. The van der Waals surface area contributed by atoms with Crippen molar-refractivity contribution in [2.75, 3.05) is 0 Å².